The van der Waals surface area contributed by atoms with Crippen LogP contribution < -0.4 is 11.3 Å². The molecule has 0 aliphatic rings. The molecule has 0 amide bonds. The molecule has 0 radical (unpaired) electrons. The Hall–Kier alpha value is -0.300. The Morgan fingerprint density at radius 3 is 2.53 bits per heavy atom. The van der Waals surface area contributed by atoms with Crippen LogP contribution in [0.5, 0.6) is 0 Å². The predicted octanol–water partition coefficient (Wildman–Crippen LogP) is 2.92. The summed E-state index contributed by atoms with van der Waals surface area (Å²) in [6.07, 6.45) is 0. The van der Waals surface area contributed by atoms with Crippen molar-refractivity contribution >= 4 is 27.5 Å². The average molecular weight is 304 g/mol. The van der Waals surface area contributed by atoms with E-state index in [1.807, 2.05) is 0 Å². The van der Waals surface area contributed by atoms with Gasteiger partial charge >= 0.3 is 5.38 Å². The molecule has 0 saturated heterocycles. The van der Waals surface area contributed by atoms with Crippen LogP contribution in [0, 0.1) is 5.82 Å². The molecule has 0 spiro atoms. The van der Waals surface area contributed by atoms with Crippen molar-refractivity contribution < 1.29 is 13.2 Å². The van der Waals surface area contributed by atoms with Gasteiger partial charge in [0.1, 0.15) is 11.9 Å². The summed E-state index contributed by atoms with van der Waals surface area (Å²) < 4.78 is 39.3. The van der Waals surface area contributed by atoms with Gasteiger partial charge in [-0.1, -0.05) is 15.9 Å². The van der Waals surface area contributed by atoms with Crippen molar-refractivity contribution in [1.29, 1.82) is 0 Å². The lowest BCUT2D eigenvalue weighted by Gasteiger charge is -2.21. The van der Waals surface area contributed by atoms with Crippen molar-refractivity contribution in [3.63, 3.8) is 0 Å². The second-order valence-electron chi connectivity index (χ2n) is 2.81. The third kappa shape index (κ3) is 3.07. The molecule has 84 valence electrons. The second kappa shape index (κ2) is 4.69. The van der Waals surface area contributed by atoms with Crippen molar-refractivity contribution in [3.8, 4) is 0 Å². The standard InChI is InChI=1S/C8H7BrClF3N2/c9-4-1-2-6(11)5(3-4)7(15-14)8(10,12)13/h1-3,7,15H,14H2. The summed E-state index contributed by atoms with van der Waals surface area (Å²) in [5, 5.41) is -3.67. The van der Waals surface area contributed by atoms with Gasteiger partial charge in [0.05, 0.1) is 0 Å². The van der Waals surface area contributed by atoms with Crippen LogP contribution in [0.15, 0.2) is 22.7 Å². The van der Waals surface area contributed by atoms with Crippen LogP contribution in [0.1, 0.15) is 11.6 Å². The van der Waals surface area contributed by atoms with Gasteiger partial charge in [-0.3, -0.25) is 5.84 Å². The first-order valence-corrected chi connectivity index (χ1v) is 5.01. The van der Waals surface area contributed by atoms with E-state index >= 15 is 0 Å². The van der Waals surface area contributed by atoms with E-state index in [1.54, 1.807) is 5.43 Å². The number of halogens is 5. The van der Waals surface area contributed by atoms with Crippen molar-refractivity contribution in [2.75, 3.05) is 0 Å². The quantitative estimate of drug-likeness (QED) is 0.512. The van der Waals surface area contributed by atoms with E-state index < -0.39 is 17.2 Å². The lowest BCUT2D eigenvalue weighted by Crippen LogP contribution is -2.38. The molecule has 1 aromatic rings. The maximum absolute atomic E-state index is 13.2. The average Bonchev–Trinajstić information content (AvgIpc) is 2.10. The third-order valence-electron chi connectivity index (χ3n) is 1.76. The van der Waals surface area contributed by atoms with Crippen LogP contribution in [0.25, 0.3) is 0 Å². The van der Waals surface area contributed by atoms with E-state index in [1.165, 1.54) is 12.1 Å². The Morgan fingerprint density at radius 2 is 2.07 bits per heavy atom. The van der Waals surface area contributed by atoms with Crippen molar-refractivity contribution in [1.82, 2.24) is 5.43 Å². The first kappa shape index (κ1) is 12.8. The van der Waals surface area contributed by atoms with Crippen LogP contribution in [0.2, 0.25) is 0 Å². The molecule has 0 saturated carbocycles. The van der Waals surface area contributed by atoms with Gasteiger partial charge in [-0.25, -0.2) is 9.82 Å². The molecule has 0 aromatic heterocycles. The zero-order chi connectivity index (χ0) is 11.6. The maximum atomic E-state index is 13.2. The number of benzene rings is 1. The highest BCUT2D eigenvalue weighted by Crippen LogP contribution is 2.36. The number of alkyl halides is 3. The zero-order valence-corrected chi connectivity index (χ0v) is 9.62. The van der Waals surface area contributed by atoms with Gasteiger partial charge in [0.15, 0.2) is 0 Å². The molecule has 0 aliphatic heterocycles. The largest absolute Gasteiger partial charge is 0.342 e. The highest BCUT2D eigenvalue weighted by molar-refractivity contribution is 9.10. The lowest BCUT2D eigenvalue weighted by atomic mass is 10.1. The molecule has 0 aliphatic carbocycles. The van der Waals surface area contributed by atoms with E-state index in [9.17, 15) is 13.2 Å². The van der Waals surface area contributed by atoms with Crippen LogP contribution in [-0.2, 0) is 0 Å². The van der Waals surface area contributed by atoms with Gasteiger partial charge in [0.25, 0.3) is 0 Å². The Kier molecular flexibility index (Phi) is 3.99. The molecule has 7 heteroatoms. The van der Waals surface area contributed by atoms with E-state index in [0.717, 1.165) is 6.07 Å². The molecular formula is C8H7BrClF3N2. The van der Waals surface area contributed by atoms with E-state index in [0.29, 0.717) is 4.47 Å². The van der Waals surface area contributed by atoms with Crippen LogP contribution in [0.4, 0.5) is 13.2 Å². The van der Waals surface area contributed by atoms with Crippen LogP contribution in [-0.4, -0.2) is 5.38 Å². The Morgan fingerprint density at radius 1 is 1.47 bits per heavy atom. The highest BCUT2D eigenvalue weighted by Gasteiger charge is 2.39. The topological polar surface area (TPSA) is 38.0 Å². The smallest absolute Gasteiger partial charge is 0.271 e. The van der Waals surface area contributed by atoms with E-state index in [4.69, 9.17) is 17.4 Å². The number of hydrogen-bond acceptors (Lipinski definition) is 2. The maximum Gasteiger partial charge on any atom is 0.342 e. The molecule has 1 atom stereocenters. The summed E-state index contributed by atoms with van der Waals surface area (Å²) in [6.45, 7) is 0. The minimum absolute atomic E-state index is 0.299. The summed E-state index contributed by atoms with van der Waals surface area (Å²) >= 11 is 7.84. The minimum atomic E-state index is -3.67. The van der Waals surface area contributed by atoms with Gasteiger partial charge in [0, 0.05) is 10.0 Å². The van der Waals surface area contributed by atoms with E-state index in [-0.39, 0.29) is 5.56 Å². The minimum Gasteiger partial charge on any atom is -0.271 e. The van der Waals surface area contributed by atoms with Gasteiger partial charge in [-0.05, 0) is 29.8 Å². The number of hydrazine groups is 1. The summed E-state index contributed by atoms with van der Waals surface area (Å²) in [5.74, 6) is 4.11. The molecule has 1 unspecified atom stereocenters. The molecule has 0 heterocycles. The number of nitrogens with one attached hydrogen (secondary N) is 1. The summed E-state index contributed by atoms with van der Waals surface area (Å²) in [5.41, 5.74) is 1.48. The van der Waals surface area contributed by atoms with Gasteiger partial charge in [-0.15, -0.1) is 0 Å². The van der Waals surface area contributed by atoms with Crippen molar-refractivity contribution in [2.24, 2.45) is 5.84 Å². The molecule has 3 N–H and O–H groups in total. The van der Waals surface area contributed by atoms with Crippen molar-refractivity contribution in [2.45, 2.75) is 11.4 Å². The summed E-state index contributed by atoms with van der Waals surface area (Å²) in [4.78, 5) is 0. The highest BCUT2D eigenvalue weighted by atomic mass is 79.9. The molecule has 1 aromatic carbocycles. The summed E-state index contributed by atoms with van der Waals surface area (Å²) in [6, 6.07) is 1.85. The van der Waals surface area contributed by atoms with E-state index in [2.05, 4.69) is 15.9 Å². The van der Waals surface area contributed by atoms with Gasteiger partial charge in [-0.2, -0.15) is 8.78 Å². The van der Waals surface area contributed by atoms with Gasteiger partial charge in [0.2, 0.25) is 0 Å². The zero-order valence-electron chi connectivity index (χ0n) is 7.28. The molecular weight excluding hydrogens is 296 g/mol. The van der Waals surface area contributed by atoms with Crippen LogP contribution in [0.3, 0.4) is 0 Å². The van der Waals surface area contributed by atoms with Crippen LogP contribution >= 0.6 is 27.5 Å². The Bertz CT molecular complexity index is 356. The Labute approximate surface area is 97.7 Å². The molecule has 0 bridgehead atoms. The SMILES string of the molecule is NNC(c1cc(Br)ccc1F)C(F)(F)Cl. The molecule has 0 fully saturated rings. The predicted molar refractivity (Wildman–Crippen MR) is 55.0 cm³/mol. The number of nitrogens with two attached hydrogens (primary N) is 1. The first-order chi connectivity index (χ1) is 6.86. The molecule has 1 rings (SSSR count). The monoisotopic (exact) mass is 302 g/mol. The third-order valence-corrected chi connectivity index (χ3v) is 2.47. The summed E-state index contributed by atoms with van der Waals surface area (Å²) in [7, 11) is 0. The van der Waals surface area contributed by atoms with Gasteiger partial charge < -0.3 is 0 Å². The second-order valence-corrected chi connectivity index (χ2v) is 4.23. The number of hydrogen-bond donors (Lipinski definition) is 2. The first-order valence-electron chi connectivity index (χ1n) is 3.84. The molecule has 2 nitrogen and oxygen atoms in total. The Balaban J connectivity index is 3.18. The number of rotatable bonds is 3. The fraction of sp³-hybridized carbons (Fsp3) is 0.250. The lowest BCUT2D eigenvalue weighted by molar-refractivity contribution is 0.0483. The normalized spacial score (nSPS) is 14.0. The van der Waals surface area contributed by atoms with Crippen molar-refractivity contribution in [3.05, 3.63) is 34.1 Å². The fourth-order valence-corrected chi connectivity index (χ4v) is 1.66. The fourth-order valence-electron chi connectivity index (χ4n) is 1.10. The molecule has 15 heavy (non-hydrogen) atoms.